The second kappa shape index (κ2) is 10.3. The molecule has 192 valence electrons. The van der Waals surface area contributed by atoms with Gasteiger partial charge in [0.05, 0.1) is 25.3 Å². The van der Waals surface area contributed by atoms with E-state index in [0.717, 1.165) is 29.5 Å². The van der Waals surface area contributed by atoms with Crippen molar-refractivity contribution in [3.05, 3.63) is 71.9 Å². The van der Waals surface area contributed by atoms with Crippen molar-refractivity contribution in [1.82, 2.24) is 9.88 Å². The van der Waals surface area contributed by atoms with Crippen LogP contribution in [0.3, 0.4) is 0 Å². The normalized spacial score (nSPS) is 18.0. The number of carbonyl (C=O) groups is 1. The van der Waals surface area contributed by atoms with Crippen LogP contribution in [0.15, 0.2) is 65.2 Å². The third-order valence-corrected chi connectivity index (χ3v) is 7.12. The third kappa shape index (κ3) is 4.73. The lowest BCUT2D eigenvalue weighted by Crippen LogP contribution is -2.28. The fourth-order valence-corrected chi connectivity index (χ4v) is 5.03. The quantitative estimate of drug-likeness (QED) is 0.338. The van der Waals surface area contributed by atoms with Crippen molar-refractivity contribution in [1.29, 1.82) is 5.26 Å². The zero-order valence-electron chi connectivity index (χ0n) is 20.7. The summed E-state index contributed by atoms with van der Waals surface area (Å²) in [7, 11) is 0. The third-order valence-electron chi connectivity index (χ3n) is 7.12. The van der Waals surface area contributed by atoms with E-state index in [0.29, 0.717) is 59.9 Å². The van der Waals surface area contributed by atoms with E-state index in [4.69, 9.17) is 13.9 Å². The number of carbonyl (C=O) groups excluding carboxylic acids is 1. The predicted molar refractivity (Wildman–Crippen MR) is 139 cm³/mol. The number of hydrogen-bond donors (Lipinski definition) is 0. The summed E-state index contributed by atoms with van der Waals surface area (Å²) in [6, 6.07) is 18.7. The van der Waals surface area contributed by atoms with E-state index >= 15 is 0 Å². The number of halogens is 1. The van der Waals surface area contributed by atoms with E-state index in [2.05, 4.69) is 11.1 Å². The van der Waals surface area contributed by atoms with Crippen molar-refractivity contribution >= 4 is 17.0 Å². The number of nitriles is 1. The second-order valence-corrected chi connectivity index (χ2v) is 9.65. The van der Waals surface area contributed by atoms with Gasteiger partial charge in [0, 0.05) is 48.3 Å². The molecule has 2 aromatic carbocycles. The first-order valence-electron chi connectivity index (χ1n) is 12.8. The average Bonchev–Trinajstić information content (AvgIpc) is 3.60. The number of furan rings is 1. The molecule has 1 atom stereocenters. The van der Waals surface area contributed by atoms with Crippen LogP contribution in [0, 0.1) is 11.3 Å². The van der Waals surface area contributed by atoms with Gasteiger partial charge >= 0.3 is 0 Å². The molecule has 2 fully saturated rings. The molecule has 4 aromatic rings. The number of aromatic nitrogens is 1. The highest BCUT2D eigenvalue weighted by Gasteiger charge is 2.26. The minimum Gasteiger partial charge on any atom is -0.489 e. The van der Waals surface area contributed by atoms with E-state index in [1.54, 1.807) is 23.2 Å². The molecule has 0 spiro atoms. The highest BCUT2D eigenvalue weighted by molar-refractivity contribution is 5.95. The van der Waals surface area contributed by atoms with Crippen LogP contribution < -0.4 is 4.74 Å². The van der Waals surface area contributed by atoms with Gasteiger partial charge in [0.1, 0.15) is 35.4 Å². The van der Waals surface area contributed by atoms with Gasteiger partial charge in [-0.1, -0.05) is 18.2 Å². The number of rotatable bonds is 5. The lowest BCUT2D eigenvalue weighted by molar-refractivity contribution is 0.0254. The maximum atomic E-state index is 13.5. The van der Waals surface area contributed by atoms with Gasteiger partial charge < -0.3 is 18.8 Å². The van der Waals surface area contributed by atoms with Crippen LogP contribution in [-0.2, 0) is 4.74 Å². The average molecular weight is 512 g/mol. The molecule has 1 amide bonds. The standard InChI is InChI=1S/C30H26FN3O4/c31-23-8-12-34(18-23)30(35)20-3-1-19(2-4-20)28-16-26-29(38-28)25(7-11-33-26)21-5-6-27(22(15-21)17-32)37-24-9-13-36-14-10-24/h1-7,11,15-16,23-24H,8-10,12-14,18H2/t23-/m0/s1. The van der Waals surface area contributed by atoms with Crippen molar-refractivity contribution in [2.24, 2.45) is 0 Å². The highest BCUT2D eigenvalue weighted by atomic mass is 19.1. The summed E-state index contributed by atoms with van der Waals surface area (Å²) in [5, 5.41) is 9.79. The molecule has 8 heteroatoms. The van der Waals surface area contributed by atoms with E-state index in [-0.39, 0.29) is 18.6 Å². The van der Waals surface area contributed by atoms with Gasteiger partial charge in [-0.2, -0.15) is 5.26 Å². The lowest BCUT2D eigenvalue weighted by Gasteiger charge is -2.23. The van der Waals surface area contributed by atoms with Crippen LogP contribution >= 0.6 is 0 Å². The Bertz CT molecular complexity index is 1520. The molecule has 4 heterocycles. The number of alkyl halides is 1. The van der Waals surface area contributed by atoms with Crippen molar-refractivity contribution < 1.29 is 23.1 Å². The molecule has 2 aliphatic heterocycles. The maximum absolute atomic E-state index is 13.5. The van der Waals surface area contributed by atoms with Crippen LogP contribution in [0.4, 0.5) is 4.39 Å². The Morgan fingerprint density at radius 3 is 2.58 bits per heavy atom. The summed E-state index contributed by atoms with van der Waals surface area (Å²) in [5.41, 5.74) is 4.71. The molecule has 6 rings (SSSR count). The number of likely N-dealkylation sites (tertiary alicyclic amines) is 1. The van der Waals surface area contributed by atoms with Crippen molar-refractivity contribution in [3.8, 4) is 34.3 Å². The summed E-state index contributed by atoms with van der Waals surface area (Å²) < 4.78 is 31.2. The summed E-state index contributed by atoms with van der Waals surface area (Å²) in [6.45, 7) is 1.92. The summed E-state index contributed by atoms with van der Waals surface area (Å²) in [5.74, 6) is 1.02. The highest BCUT2D eigenvalue weighted by Crippen LogP contribution is 2.36. The minimum atomic E-state index is -0.949. The zero-order valence-corrected chi connectivity index (χ0v) is 20.7. The van der Waals surface area contributed by atoms with Gasteiger partial charge in [0.25, 0.3) is 5.91 Å². The molecule has 2 aliphatic rings. The van der Waals surface area contributed by atoms with Crippen molar-refractivity contribution in [3.63, 3.8) is 0 Å². The fourth-order valence-electron chi connectivity index (χ4n) is 5.03. The number of pyridine rings is 1. The van der Waals surface area contributed by atoms with Gasteiger partial charge in [-0.15, -0.1) is 0 Å². The first-order valence-corrected chi connectivity index (χ1v) is 12.8. The molecule has 0 aliphatic carbocycles. The van der Waals surface area contributed by atoms with E-state index in [1.165, 1.54) is 0 Å². The number of nitrogens with zero attached hydrogens (tertiary/aromatic N) is 3. The molecule has 0 unspecified atom stereocenters. The molecular formula is C30H26FN3O4. The van der Waals surface area contributed by atoms with Gasteiger partial charge in [0.2, 0.25) is 0 Å². The maximum Gasteiger partial charge on any atom is 0.253 e. The number of ether oxygens (including phenoxy) is 2. The van der Waals surface area contributed by atoms with E-state index in [1.807, 2.05) is 42.5 Å². The van der Waals surface area contributed by atoms with Crippen molar-refractivity contribution in [2.45, 2.75) is 31.5 Å². The van der Waals surface area contributed by atoms with Gasteiger partial charge in [-0.05, 0) is 42.3 Å². The van der Waals surface area contributed by atoms with Gasteiger partial charge in [-0.25, -0.2) is 4.39 Å². The van der Waals surface area contributed by atoms with Crippen LogP contribution in [0.1, 0.15) is 35.2 Å². The molecule has 0 saturated carbocycles. The minimum absolute atomic E-state index is 0.0413. The van der Waals surface area contributed by atoms with Crippen LogP contribution in [0.2, 0.25) is 0 Å². The summed E-state index contributed by atoms with van der Waals surface area (Å²) in [6.07, 6.45) is 2.80. The van der Waals surface area contributed by atoms with Crippen LogP contribution in [0.5, 0.6) is 5.75 Å². The fraction of sp³-hybridized carbons (Fsp3) is 0.300. The topological polar surface area (TPSA) is 88.6 Å². The van der Waals surface area contributed by atoms with Crippen molar-refractivity contribution in [2.75, 3.05) is 26.3 Å². The Balaban J connectivity index is 1.27. The molecule has 0 bridgehead atoms. The number of hydrogen-bond acceptors (Lipinski definition) is 6. The molecule has 38 heavy (non-hydrogen) atoms. The van der Waals surface area contributed by atoms with Gasteiger partial charge in [-0.3, -0.25) is 9.78 Å². The number of amides is 1. The first-order chi connectivity index (χ1) is 18.6. The van der Waals surface area contributed by atoms with Gasteiger partial charge in [0.15, 0.2) is 5.58 Å². The largest absolute Gasteiger partial charge is 0.489 e. The number of benzene rings is 2. The first kappa shape index (κ1) is 24.1. The van der Waals surface area contributed by atoms with Crippen LogP contribution in [0.25, 0.3) is 33.6 Å². The van der Waals surface area contributed by atoms with E-state index in [9.17, 15) is 14.4 Å². The number of fused-ring (bicyclic) bond motifs is 1. The summed E-state index contributed by atoms with van der Waals surface area (Å²) in [4.78, 5) is 18.7. The Kier molecular flexibility index (Phi) is 6.52. The predicted octanol–water partition coefficient (Wildman–Crippen LogP) is 5.78. The molecule has 0 N–H and O–H groups in total. The molecule has 0 radical (unpaired) electrons. The molecular weight excluding hydrogens is 485 g/mol. The Labute approximate surface area is 219 Å². The lowest BCUT2D eigenvalue weighted by atomic mass is 10.0. The smallest absolute Gasteiger partial charge is 0.253 e. The van der Waals surface area contributed by atoms with Crippen LogP contribution in [-0.4, -0.2) is 54.4 Å². The monoisotopic (exact) mass is 511 g/mol. The molecule has 7 nitrogen and oxygen atoms in total. The summed E-state index contributed by atoms with van der Waals surface area (Å²) >= 11 is 0. The molecule has 2 saturated heterocycles. The SMILES string of the molecule is N#Cc1cc(-c2ccnc3cc(-c4ccc(C(=O)N5CC[C@H](F)C5)cc4)oc23)ccc1OC1CCOCC1. The zero-order chi connectivity index (χ0) is 26.1. The Hall–Kier alpha value is -4.22. The Morgan fingerprint density at radius 1 is 1.05 bits per heavy atom. The molecule has 2 aromatic heterocycles. The van der Waals surface area contributed by atoms with E-state index < -0.39 is 6.17 Å². The Morgan fingerprint density at radius 2 is 1.84 bits per heavy atom. The second-order valence-electron chi connectivity index (χ2n) is 9.65.